The zero-order chi connectivity index (χ0) is 15.1. The Morgan fingerprint density at radius 2 is 1.90 bits per heavy atom. The first kappa shape index (κ1) is 16.0. The maximum atomic E-state index is 12.3. The molecule has 1 rings (SSSR count). The lowest BCUT2D eigenvalue weighted by molar-refractivity contribution is -0.145. The molecule has 0 fully saturated rings. The van der Waals surface area contributed by atoms with E-state index in [2.05, 4.69) is 5.32 Å². The van der Waals surface area contributed by atoms with Crippen molar-refractivity contribution in [3.63, 3.8) is 0 Å². The molecule has 0 heterocycles. The van der Waals surface area contributed by atoms with Crippen LogP contribution in [0.15, 0.2) is 30.3 Å². The minimum Gasteiger partial charge on any atom is -0.480 e. The molecular formula is C13H15F2NO4. The highest BCUT2D eigenvalue weighted by Crippen LogP contribution is 2.17. The zero-order valence-corrected chi connectivity index (χ0v) is 10.8. The molecule has 1 unspecified atom stereocenters. The summed E-state index contributed by atoms with van der Waals surface area (Å²) < 4.78 is 29.5. The molecule has 1 aromatic rings. The Morgan fingerprint density at radius 1 is 1.30 bits per heavy atom. The van der Waals surface area contributed by atoms with Gasteiger partial charge in [0, 0.05) is 13.5 Å². The van der Waals surface area contributed by atoms with Crippen LogP contribution in [0.3, 0.4) is 0 Å². The Morgan fingerprint density at radius 3 is 2.35 bits per heavy atom. The minimum absolute atomic E-state index is 0.508. The van der Waals surface area contributed by atoms with Gasteiger partial charge in [-0.05, 0) is 5.56 Å². The summed E-state index contributed by atoms with van der Waals surface area (Å²) in [6.07, 6.45) is -4.82. The lowest BCUT2D eigenvalue weighted by atomic mass is 10.1. The van der Waals surface area contributed by atoms with Crippen molar-refractivity contribution < 1.29 is 28.2 Å². The van der Waals surface area contributed by atoms with Gasteiger partial charge in [-0.1, -0.05) is 30.3 Å². The van der Waals surface area contributed by atoms with E-state index in [1.807, 2.05) is 0 Å². The summed E-state index contributed by atoms with van der Waals surface area (Å²) in [5, 5.41) is 10.9. The van der Waals surface area contributed by atoms with E-state index >= 15 is 0 Å². The lowest BCUT2D eigenvalue weighted by Gasteiger charge is -2.19. The number of carboxylic acids is 1. The fourth-order valence-corrected chi connectivity index (χ4v) is 1.67. The Hall–Kier alpha value is -2.02. The number of carbonyl (C=O) groups is 2. The summed E-state index contributed by atoms with van der Waals surface area (Å²) in [5.41, 5.74) is 0.508. The van der Waals surface area contributed by atoms with Gasteiger partial charge in [-0.15, -0.1) is 0 Å². The number of alkyl halides is 2. The first-order valence-electron chi connectivity index (χ1n) is 5.84. The Kier molecular flexibility index (Phi) is 6.05. The molecule has 0 aliphatic rings. The SMILES string of the molecule is CO[C@@H](C(=O)NC(CC(F)F)C(=O)O)c1ccccc1. The van der Waals surface area contributed by atoms with Crippen molar-refractivity contribution in [2.45, 2.75) is 25.0 Å². The van der Waals surface area contributed by atoms with E-state index in [0.29, 0.717) is 5.56 Å². The third-order valence-electron chi connectivity index (χ3n) is 2.60. The number of methoxy groups -OCH3 is 1. The Bertz CT molecular complexity index is 453. The normalized spacial score (nSPS) is 13.8. The van der Waals surface area contributed by atoms with Crippen molar-refractivity contribution in [3.05, 3.63) is 35.9 Å². The van der Waals surface area contributed by atoms with Gasteiger partial charge in [0.25, 0.3) is 5.91 Å². The van der Waals surface area contributed by atoms with Crippen LogP contribution >= 0.6 is 0 Å². The highest BCUT2D eigenvalue weighted by molar-refractivity contribution is 5.87. The second-order valence-electron chi connectivity index (χ2n) is 4.05. The molecule has 5 nitrogen and oxygen atoms in total. The summed E-state index contributed by atoms with van der Waals surface area (Å²) in [5.74, 6) is -2.28. The molecule has 1 aromatic carbocycles. The molecule has 0 saturated heterocycles. The predicted molar refractivity (Wildman–Crippen MR) is 66.4 cm³/mol. The highest BCUT2D eigenvalue weighted by atomic mass is 19.3. The maximum Gasteiger partial charge on any atom is 0.326 e. The number of amides is 1. The van der Waals surface area contributed by atoms with Gasteiger partial charge in [0.15, 0.2) is 6.10 Å². The van der Waals surface area contributed by atoms with Gasteiger partial charge >= 0.3 is 5.97 Å². The predicted octanol–water partition coefficient (Wildman–Crippen LogP) is 1.60. The van der Waals surface area contributed by atoms with Crippen molar-refractivity contribution in [1.82, 2.24) is 5.32 Å². The van der Waals surface area contributed by atoms with Gasteiger partial charge in [0.05, 0.1) is 0 Å². The molecule has 110 valence electrons. The Labute approximate surface area is 114 Å². The monoisotopic (exact) mass is 287 g/mol. The van der Waals surface area contributed by atoms with Crippen LogP contribution in [-0.4, -0.2) is 36.6 Å². The topological polar surface area (TPSA) is 75.6 Å². The molecule has 7 heteroatoms. The summed E-state index contributed by atoms with van der Waals surface area (Å²) >= 11 is 0. The lowest BCUT2D eigenvalue weighted by Crippen LogP contribution is -2.44. The number of halogens is 2. The first-order valence-corrected chi connectivity index (χ1v) is 5.84. The maximum absolute atomic E-state index is 12.3. The third kappa shape index (κ3) is 4.58. The number of nitrogens with one attached hydrogen (secondary N) is 1. The van der Waals surface area contributed by atoms with Gasteiger partial charge in [0.1, 0.15) is 6.04 Å². The molecular weight excluding hydrogens is 272 g/mol. The van der Waals surface area contributed by atoms with Crippen LogP contribution in [0.25, 0.3) is 0 Å². The van der Waals surface area contributed by atoms with Gasteiger partial charge < -0.3 is 15.2 Å². The molecule has 0 aliphatic carbocycles. The van der Waals surface area contributed by atoms with Crippen LogP contribution in [0.5, 0.6) is 0 Å². The summed E-state index contributed by atoms with van der Waals surface area (Å²) in [7, 11) is 1.28. The van der Waals surface area contributed by atoms with E-state index in [9.17, 15) is 18.4 Å². The number of carbonyl (C=O) groups excluding carboxylic acids is 1. The third-order valence-corrected chi connectivity index (χ3v) is 2.60. The number of benzene rings is 1. The number of carboxylic acid groups (broad SMARTS) is 1. The second-order valence-corrected chi connectivity index (χ2v) is 4.05. The van der Waals surface area contributed by atoms with Crippen molar-refractivity contribution in [3.8, 4) is 0 Å². The first-order chi connectivity index (χ1) is 9.45. The van der Waals surface area contributed by atoms with E-state index in [0.717, 1.165) is 0 Å². The van der Waals surface area contributed by atoms with Crippen LogP contribution < -0.4 is 5.32 Å². The van der Waals surface area contributed by atoms with E-state index < -0.39 is 36.9 Å². The summed E-state index contributed by atoms with van der Waals surface area (Å²) in [6, 6.07) is 6.70. The molecule has 20 heavy (non-hydrogen) atoms. The van der Waals surface area contributed by atoms with E-state index in [1.54, 1.807) is 30.3 Å². The number of aliphatic carboxylic acids is 1. The Balaban J connectivity index is 2.78. The molecule has 0 aliphatic heterocycles. The fraction of sp³-hybridized carbons (Fsp3) is 0.385. The summed E-state index contributed by atoms with van der Waals surface area (Å²) in [4.78, 5) is 22.8. The van der Waals surface area contributed by atoms with E-state index in [1.165, 1.54) is 7.11 Å². The van der Waals surface area contributed by atoms with Gasteiger partial charge in [-0.25, -0.2) is 13.6 Å². The fourth-order valence-electron chi connectivity index (χ4n) is 1.67. The molecule has 0 spiro atoms. The van der Waals surface area contributed by atoms with Gasteiger partial charge in [-0.2, -0.15) is 0 Å². The number of rotatable bonds is 7. The van der Waals surface area contributed by atoms with Crippen LogP contribution in [0.2, 0.25) is 0 Å². The molecule has 1 amide bonds. The quantitative estimate of drug-likeness (QED) is 0.798. The zero-order valence-electron chi connectivity index (χ0n) is 10.8. The number of ether oxygens (including phenoxy) is 1. The van der Waals surface area contributed by atoms with Gasteiger partial charge in [0.2, 0.25) is 6.43 Å². The van der Waals surface area contributed by atoms with Crippen LogP contribution in [0.1, 0.15) is 18.1 Å². The molecule has 0 bridgehead atoms. The minimum atomic E-state index is -2.82. The van der Waals surface area contributed by atoms with Crippen LogP contribution in [-0.2, 0) is 14.3 Å². The number of hydrogen-bond donors (Lipinski definition) is 2. The van der Waals surface area contributed by atoms with Gasteiger partial charge in [-0.3, -0.25) is 4.79 Å². The molecule has 0 aromatic heterocycles. The molecule has 0 saturated carbocycles. The molecule has 2 N–H and O–H groups in total. The second kappa shape index (κ2) is 7.54. The molecule has 2 atom stereocenters. The average molecular weight is 287 g/mol. The van der Waals surface area contributed by atoms with Crippen LogP contribution in [0.4, 0.5) is 8.78 Å². The largest absolute Gasteiger partial charge is 0.480 e. The number of hydrogen-bond acceptors (Lipinski definition) is 3. The smallest absolute Gasteiger partial charge is 0.326 e. The van der Waals surface area contributed by atoms with Crippen LogP contribution in [0, 0.1) is 0 Å². The molecule has 0 radical (unpaired) electrons. The van der Waals surface area contributed by atoms with E-state index in [-0.39, 0.29) is 0 Å². The van der Waals surface area contributed by atoms with Crippen molar-refractivity contribution in [1.29, 1.82) is 0 Å². The highest BCUT2D eigenvalue weighted by Gasteiger charge is 2.28. The summed E-state index contributed by atoms with van der Waals surface area (Å²) in [6.45, 7) is 0. The average Bonchev–Trinajstić information content (AvgIpc) is 2.39. The van der Waals surface area contributed by atoms with E-state index in [4.69, 9.17) is 9.84 Å². The van der Waals surface area contributed by atoms with Crippen molar-refractivity contribution in [2.75, 3.05) is 7.11 Å². The standard InChI is InChI=1S/C13H15F2NO4/c1-20-11(8-5-3-2-4-6-8)12(17)16-9(13(18)19)7-10(14)15/h2-6,9-11H,7H2,1H3,(H,16,17)(H,18,19)/t9?,11-/m1/s1. The van der Waals surface area contributed by atoms with Crippen molar-refractivity contribution >= 4 is 11.9 Å². The van der Waals surface area contributed by atoms with Crippen molar-refractivity contribution in [2.24, 2.45) is 0 Å².